The van der Waals surface area contributed by atoms with E-state index in [9.17, 15) is 14.4 Å². The Morgan fingerprint density at radius 2 is 0.949 bits per heavy atom. The quantitative estimate of drug-likeness (QED) is 0.0431. The molecule has 7 heteroatoms. The van der Waals surface area contributed by atoms with Gasteiger partial charge in [-0.15, -0.1) is 0 Å². The maximum atomic E-state index is 12.2. The highest BCUT2D eigenvalue weighted by Gasteiger charge is 2.22. The molecule has 0 aromatic heterocycles. The summed E-state index contributed by atoms with van der Waals surface area (Å²) in [5, 5.41) is 0. The summed E-state index contributed by atoms with van der Waals surface area (Å²) in [4.78, 5) is 35.5. The number of rotatable bonds is 27. The first kappa shape index (κ1) is 37.2. The van der Waals surface area contributed by atoms with E-state index in [0.717, 1.165) is 19.3 Å². The zero-order valence-electron chi connectivity index (χ0n) is 25.8. The lowest BCUT2D eigenvalue weighted by Crippen LogP contribution is -2.31. The highest BCUT2D eigenvalue weighted by Crippen LogP contribution is 2.15. The minimum absolute atomic E-state index is 0.144. The van der Waals surface area contributed by atoms with Crippen molar-refractivity contribution in [3.63, 3.8) is 0 Å². The molecule has 0 amide bonds. The van der Waals surface area contributed by atoms with Crippen LogP contribution in [0.5, 0.6) is 0 Å². The van der Waals surface area contributed by atoms with Crippen LogP contribution in [0.15, 0.2) is 0 Å². The Morgan fingerprint density at radius 3 is 1.36 bits per heavy atom. The van der Waals surface area contributed by atoms with Gasteiger partial charge in [-0.2, -0.15) is 0 Å². The molecule has 0 aliphatic carbocycles. The highest BCUT2D eigenvalue weighted by molar-refractivity contribution is 5.70. The first-order chi connectivity index (χ1) is 18.9. The summed E-state index contributed by atoms with van der Waals surface area (Å²) in [6, 6.07) is 0. The number of hydrogen-bond acceptors (Lipinski definition) is 7. The zero-order valence-corrected chi connectivity index (χ0v) is 25.8. The monoisotopic (exact) mass is 556 g/mol. The predicted octanol–water partition coefficient (Wildman–Crippen LogP) is 9.44. The molecule has 0 aliphatic rings. The fraction of sp³-hybridized carbons (Fsp3) is 0.906. The van der Waals surface area contributed by atoms with Crippen LogP contribution < -0.4 is 0 Å². The van der Waals surface area contributed by atoms with Crippen molar-refractivity contribution in [1.29, 1.82) is 0 Å². The Bertz CT molecular complexity index is 591. The van der Waals surface area contributed by atoms with Gasteiger partial charge in [0.05, 0.1) is 6.61 Å². The highest BCUT2D eigenvalue weighted by atomic mass is 16.8. The van der Waals surface area contributed by atoms with E-state index in [4.69, 9.17) is 18.9 Å². The van der Waals surface area contributed by atoms with Gasteiger partial charge in [0, 0.05) is 12.8 Å². The molecule has 0 aromatic carbocycles. The van der Waals surface area contributed by atoms with Crippen molar-refractivity contribution in [2.45, 2.75) is 169 Å². The van der Waals surface area contributed by atoms with E-state index < -0.39 is 24.4 Å². The lowest BCUT2D eigenvalue weighted by Gasteiger charge is -2.18. The SMILES string of the molecule is CCCCCCCCCCCCCCCCCCCCCC(=O)OC(COC(=O)CC)OC(=O)OCC(C)C. The Balaban J connectivity index is 3.71. The zero-order chi connectivity index (χ0) is 29.0. The van der Waals surface area contributed by atoms with Crippen LogP contribution >= 0.6 is 0 Å². The van der Waals surface area contributed by atoms with E-state index >= 15 is 0 Å². The van der Waals surface area contributed by atoms with Crippen molar-refractivity contribution >= 4 is 18.1 Å². The Labute approximate surface area is 239 Å². The van der Waals surface area contributed by atoms with Gasteiger partial charge in [0.15, 0.2) is 6.61 Å². The van der Waals surface area contributed by atoms with E-state index in [1.54, 1.807) is 6.92 Å². The number of hydrogen-bond donors (Lipinski definition) is 0. The van der Waals surface area contributed by atoms with Gasteiger partial charge in [0.2, 0.25) is 0 Å². The number of carbonyl (C=O) groups is 3. The van der Waals surface area contributed by atoms with Crippen LogP contribution in [0.25, 0.3) is 0 Å². The summed E-state index contributed by atoms with van der Waals surface area (Å²) in [7, 11) is 0. The fourth-order valence-corrected chi connectivity index (χ4v) is 4.28. The molecule has 0 aromatic rings. The molecule has 0 rings (SSSR count). The number of ether oxygens (including phenoxy) is 4. The predicted molar refractivity (Wildman–Crippen MR) is 156 cm³/mol. The largest absolute Gasteiger partial charge is 0.511 e. The number of unbranched alkanes of at least 4 members (excludes halogenated alkanes) is 18. The smallest absolute Gasteiger partial charge is 0.458 e. The van der Waals surface area contributed by atoms with Crippen LogP contribution in [-0.4, -0.2) is 37.6 Å². The van der Waals surface area contributed by atoms with Crippen molar-refractivity contribution < 1.29 is 33.3 Å². The van der Waals surface area contributed by atoms with Crippen molar-refractivity contribution in [3.8, 4) is 0 Å². The molecule has 0 saturated heterocycles. The van der Waals surface area contributed by atoms with E-state index in [1.165, 1.54) is 103 Å². The van der Waals surface area contributed by atoms with Gasteiger partial charge in [0.25, 0.3) is 6.29 Å². The third kappa shape index (κ3) is 27.6. The van der Waals surface area contributed by atoms with Gasteiger partial charge < -0.3 is 18.9 Å². The second kappa shape index (κ2) is 27.8. The van der Waals surface area contributed by atoms with Crippen molar-refractivity contribution in [2.24, 2.45) is 5.92 Å². The molecular formula is C32H60O7. The van der Waals surface area contributed by atoms with Crippen LogP contribution in [0, 0.1) is 5.92 Å². The third-order valence-electron chi connectivity index (χ3n) is 6.68. The van der Waals surface area contributed by atoms with Gasteiger partial charge >= 0.3 is 18.1 Å². The molecule has 0 saturated carbocycles. The Morgan fingerprint density at radius 1 is 0.513 bits per heavy atom. The van der Waals surface area contributed by atoms with Gasteiger partial charge in [0.1, 0.15) is 0 Å². The molecule has 0 heterocycles. The summed E-state index contributed by atoms with van der Waals surface area (Å²) in [6.45, 7) is 7.57. The maximum Gasteiger partial charge on any atom is 0.511 e. The summed E-state index contributed by atoms with van der Waals surface area (Å²) >= 11 is 0. The van der Waals surface area contributed by atoms with E-state index in [2.05, 4.69) is 6.92 Å². The minimum atomic E-state index is -1.30. The Hall–Kier alpha value is -1.79. The molecule has 0 N–H and O–H groups in total. The van der Waals surface area contributed by atoms with Crippen LogP contribution in [0.1, 0.15) is 163 Å². The first-order valence-electron chi connectivity index (χ1n) is 16.1. The van der Waals surface area contributed by atoms with Crippen LogP contribution in [0.4, 0.5) is 4.79 Å². The second-order valence-corrected chi connectivity index (χ2v) is 11.1. The molecule has 0 spiro atoms. The van der Waals surface area contributed by atoms with Crippen LogP contribution in [0.2, 0.25) is 0 Å². The minimum Gasteiger partial charge on any atom is -0.458 e. The van der Waals surface area contributed by atoms with Crippen molar-refractivity contribution in [1.82, 2.24) is 0 Å². The van der Waals surface area contributed by atoms with Gasteiger partial charge in [-0.3, -0.25) is 9.59 Å². The van der Waals surface area contributed by atoms with Crippen LogP contribution in [-0.2, 0) is 28.5 Å². The Kier molecular flexibility index (Phi) is 26.5. The second-order valence-electron chi connectivity index (χ2n) is 11.1. The summed E-state index contributed by atoms with van der Waals surface area (Å²) in [5.41, 5.74) is 0. The third-order valence-corrected chi connectivity index (χ3v) is 6.68. The number of esters is 2. The first-order valence-corrected chi connectivity index (χ1v) is 16.1. The molecule has 0 radical (unpaired) electrons. The van der Waals surface area contributed by atoms with Crippen molar-refractivity contribution in [3.05, 3.63) is 0 Å². The molecule has 0 aliphatic heterocycles. The molecular weight excluding hydrogens is 496 g/mol. The standard InChI is InChI=1S/C32H60O7/c1-5-7-8-9-10-11-12-13-14-15-16-17-18-19-20-21-22-23-24-25-30(34)38-31(27-36-29(33)6-2)39-32(35)37-26-28(3)4/h28,31H,5-27H2,1-4H3. The summed E-state index contributed by atoms with van der Waals surface area (Å²) < 4.78 is 20.2. The molecule has 1 atom stereocenters. The summed E-state index contributed by atoms with van der Waals surface area (Å²) in [6.07, 6.45) is 22.8. The van der Waals surface area contributed by atoms with Crippen LogP contribution in [0.3, 0.4) is 0 Å². The molecule has 39 heavy (non-hydrogen) atoms. The molecule has 0 fully saturated rings. The fourth-order valence-electron chi connectivity index (χ4n) is 4.28. The molecule has 0 bridgehead atoms. The lowest BCUT2D eigenvalue weighted by atomic mass is 10.0. The van der Waals surface area contributed by atoms with E-state index in [0.29, 0.717) is 0 Å². The number of carbonyl (C=O) groups excluding carboxylic acids is 3. The summed E-state index contributed by atoms with van der Waals surface area (Å²) in [5.74, 6) is -0.795. The molecule has 230 valence electrons. The van der Waals surface area contributed by atoms with Gasteiger partial charge in [-0.05, 0) is 12.3 Å². The average molecular weight is 557 g/mol. The van der Waals surface area contributed by atoms with Crippen molar-refractivity contribution in [2.75, 3.05) is 13.2 Å². The maximum absolute atomic E-state index is 12.2. The normalized spacial score (nSPS) is 11.8. The van der Waals surface area contributed by atoms with E-state index in [-0.39, 0.29) is 32.0 Å². The topological polar surface area (TPSA) is 88.1 Å². The van der Waals surface area contributed by atoms with Gasteiger partial charge in [-0.25, -0.2) is 4.79 Å². The molecule has 1 unspecified atom stereocenters. The lowest BCUT2D eigenvalue weighted by molar-refractivity contribution is -0.186. The van der Waals surface area contributed by atoms with Gasteiger partial charge in [-0.1, -0.05) is 143 Å². The van der Waals surface area contributed by atoms with E-state index in [1.807, 2.05) is 13.8 Å². The molecule has 7 nitrogen and oxygen atoms in total. The average Bonchev–Trinajstić information content (AvgIpc) is 2.91.